The van der Waals surface area contributed by atoms with E-state index in [1.54, 1.807) is 12.1 Å². The molecule has 4 nitrogen and oxygen atoms in total. The van der Waals surface area contributed by atoms with Crippen LogP contribution in [0.3, 0.4) is 0 Å². The number of nitrogens with zero attached hydrogens (tertiary/aromatic N) is 3. The Bertz CT molecular complexity index is 595. The highest BCUT2D eigenvalue weighted by Crippen LogP contribution is 2.22. The van der Waals surface area contributed by atoms with Gasteiger partial charge in [0.05, 0.1) is 5.69 Å². The molecule has 0 aliphatic carbocycles. The molecule has 1 saturated heterocycles. The SMILES string of the molecule is Fc1ccc(F)c(-c2ccc(N3CCNCC3)nn2)c1. The summed E-state index contributed by atoms with van der Waals surface area (Å²) in [4.78, 5) is 2.11. The molecule has 1 aromatic carbocycles. The normalized spacial score (nSPS) is 15.4. The van der Waals surface area contributed by atoms with Crippen molar-refractivity contribution in [2.75, 3.05) is 31.1 Å². The summed E-state index contributed by atoms with van der Waals surface area (Å²) in [6.07, 6.45) is 0. The Hall–Kier alpha value is -2.08. The molecule has 1 aliphatic rings. The van der Waals surface area contributed by atoms with Crippen molar-refractivity contribution in [3.8, 4) is 11.3 Å². The van der Waals surface area contributed by atoms with Crippen LogP contribution in [0.2, 0.25) is 0 Å². The first kappa shape index (κ1) is 12.9. The summed E-state index contributed by atoms with van der Waals surface area (Å²) in [6, 6.07) is 6.77. The maximum atomic E-state index is 13.7. The average molecular weight is 276 g/mol. The molecule has 0 amide bonds. The maximum Gasteiger partial charge on any atom is 0.151 e. The number of benzene rings is 1. The summed E-state index contributed by atoms with van der Waals surface area (Å²) in [7, 11) is 0. The van der Waals surface area contributed by atoms with Gasteiger partial charge in [0.15, 0.2) is 5.82 Å². The molecule has 0 bridgehead atoms. The average Bonchev–Trinajstić information content (AvgIpc) is 2.51. The smallest absolute Gasteiger partial charge is 0.151 e. The summed E-state index contributed by atoms with van der Waals surface area (Å²) < 4.78 is 26.8. The fourth-order valence-corrected chi connectivity index (χ4v) is 2.23. The number of anilines is 1. The van der Waals surface area contributed by atoms with E-state index in [1.807, 2.05) is 0 Å². The summed E-state index contributed by atoms with van der Waals surface area (Å²) in [5.74, 6) is -0.239. The summed E-state index contributed by atoms with van der Waals surface area (Å²) in [5, 5.41) is 11.4. The maximum absolute atomic E-state index is 13.7. The van der Waals surface area contributed by atoms with Gasteiger partial charge in [-0.25, -0.2) is 8.78 Å². The largest absolute Gasteiger partial charge is 0.353 e. The molecule has 2 heterocycles. The van der Waals surface area contributed by atoms with E-state index in [1.165, 1.54) is 0 Å². The zero-order chi connectivity index (χ0) is 13.9. The topological polar surface area (TPSA) is 41.0 Å². The number of nitrogens with one attached hydrogen (secondary N) is 1. The summed E-state index contributed by atoms with van der Waals surface area (Å²) >= 11 is 0. The molecule has 1 N–H and O–H groups in total. The van der Waals surface area contributed by atoms with Gasteiger partial charge in [0.25, 0.3) is 0 Å². The van der Waals surface area contributed by atoms with Crippen LogP contribution in [0, 0.1) is 11.6 Å². The van der Waals surface area contributed by atoms with E-state index in [0.717, 1.165) is 50.2 Å². The van der Waals surface area contributed by atoms with Crippen molar-refractivity contribution < 1.29 is 8.78 Å². The molecular formula is C14H14F2N4. The standard InChI is InChI=1S/C14H14F2N4/c15-10-1-2-12(16)11(9-10)13-3-4-14(19-18-13)20-7-5-17-6-8-20/h1-4,9,17H,5-8H2. The van der Waals surface area contributed by atoms with Crippen LogP contribution in [0.25, 0.3) is 11.3 Å². The molecule has 0 atom stereocenters. The lowest BCUT2D eigenvalue weighted by atomic mass is 10.1. The van der Waals surface area contributed by atoms with Gasteiger partial charge in [0.2, 0.25) is 0 Å². The number of rotatable bonds is 2. The monoisotopic (exact) mass is 276 g/mol. The molecule has 0 spiro atoms. The lowest BCUT2D eigenvalue weighted by Crippen LogP contribution is -2.43. The Balaban J connectivity index is 1.87. The van der Waals surface area contributed by atoms with Gasteiger partial charge in [0.1, 0.15) is 11.6 Å². The Morgan fingerprint density at radius 1 is 1.00 bits per heavy atom. The molecule has 3 rings (SSSR count). The fraction of sp³-hybridized carbons (Fsp3) is 0.286. The minimum Gasteiger partial charge on any atom is -0.353 e. The van der Waals surface area contributed by atoms with Crippen molar-refractivity contribution in [3.05, 3.63) is 42.0 Å². The van der Waals surface area contributed by atoms with Gasteiger partial charge >= 0.3 is 0 Å². The third-order valence-electron chi connectivity index (χ3n) is 3.30. The number of hydrogen-bond acceptors (Lipinski definition) is 4. The van der Waals surface area contributed by atoms with Gasteiger partial charge in [-0.2, -0.15) is 0 Å². The van der Waals surface area contributed by atoms with E-state index in [-0.39, 0.29) is 5.56 Å². The van der Waals surface area contributed by atoms with E-state index in [2.05, 4.69) is 20.4 Å². The van der Waals surface area contributed by atoms with Gasteiger partial charge in [-0.1, -0.05) is 0 Å². The second-order valence-electron chi connectivity index (χ2n) is 4.64. The molecule has 1 fully saturated rings. The minimum absolute atomic E-state index is 0.129. The molecule has 2 aromatic rings. The zero-order valence-electron chi connectivity index (χ0n) is 10.8. The molecule has 104 valence electrons. The van der Waals surface area contributed by atoms with Crippen molar-refractivity contribution >= 4 is 5.82 Å². The van der Waals surface area contributed by atoms with Gasteiger partial charge in [-0.05, 0) is 30.3 Å². The molecule has 0 radical (unpaired) electrons. The lowest BCUT2D eigenvalue weighted by molar-refractivity contribution is 0.582. The van der Waals surface area contributed by atoms with Gasteiger partial charge in [-0.15, -0.1) is 10.2 Å². The van der Waals surface area contributed by atoms with Crippen molar-refractivity contribution in [2.45, 2.75) is 0 Å². The second kappa shape index (κ2) is 5.50. The Labute approximate surface area is 115 Å². The zero-order valence-corrected chi connectivity index (χ0v) is 10.8. The first-order valence-corrected chi connectivity index (χ1v) is 6.49. The van der Waals surface area contributed by atoms with Crippen molar-refractivity contribution in [2.24, 2.45) is 0 Å². The van der Waals surface area contributed by atoms with Crippen molar-refractivity contribution in [1.82, 2.24) is 15.5 Å². The third kappa shape index (κ3) is 2.60. The first-order valence-electron chi connectivity index (χ1n) is 6.49. The van der Waals surface area contributed by atoms with Crippen molar-refractivity contribution in [3.63, 3.8) is 0 Å². The van der Waals surface area contributed by atoms with Crippen LogP contribution >= 0.6 is 0 Å². The quantitative estimate of drug-likeness (QED) is 0.908. The summed E-state index contributed by atoms with van der Waals surface area (Å²) in [6.45, 7) is 3.54. The van der Waals surface area contributed by atoms with Crippen LogP contribution in [-0.4, -0.2) is 36.4 Å². The highest BCUT2D eigenvalue weighted by atomic mass is 19.1. The Morgan fingerprint density at radius 2 is 1.80 bits per heavy atom. The van der Waals surface area contributed by atoms with Crippen LogP contribution in [-0.2, 0) is 0 Å². The van der Waals surface area contributed by atoms with Gasteiger partial charge in [-0.3, -0.25) is 0 Å². The fourth-order valence-electron chi connectivity index (χ4n) is 2.23. The Morgan fingerprint density at radius 3 is 2.50 bits per heavy atom. The highest BCUT2D eigenvalue weighted by molar-refractivity contribution is 5.60. The molecule has 0 saturated carbocycles. The molecule has 1 aromatic heterocycles. The molecule has 0 unspecified atom stereocenters. The molecule has 20 heavy (non-hydrogen) atoms. The number of piperazine rings is 1. The van der Waals surface area contributed by atoms with E-state index < -0.39 is 11.6 Å². The second-order valence-corrected chi connectivity index (χ2v) is 4.64. The van der Waals surface area contributed by atoms with Crippen LogP contribution in [0.15, 0.2) is 30.3 Å². The van der Waals surface area contributed by atoms with Gasteiger partial charge in [0, 0.05) is 31.7 Å². The lowest BCUT2D eigenvalue weighted by Gasteiger charge is -2.27. The van der Waals surface area contributed by atoms with E-state index in [4.69, 9.17) is 0 Å². The predicted octanol–water partition coefficient (Wildman–Crippen LogP) is 1.83. The molecule has 1 aliphatic heterocycles. The minimum atomic E-state index is -0.504. The van der Waals surface area contributed by atoms with Crippen LogP contribution in [0.1, 0.15) is 0 Å². The highest BCUT2D eigenvalue weighted by Gasteiger charge is 2.13. The van der Waals surface area contributed by atoms with Crippen LogP contribution < -0.4 is 10.2 Å². The van der Waals surface area contributed by atoms with E-state index in [9.17, 15) is 8.78 Å². The first-order chi connectivity index (χ1) is 9.74. The van der Waals surface area contributed by atoms with E-state index >= 15 is 0 Å². The number of halogens is 2. The Kier molecular flexibility index (Phi) is 3.56. The number of aromatic nitrogens is 2. The van der Waals surface area contributed by atoms with Crippen LogP contribution in [0.4, 0.5) is 14.6 Å². The third-order valence-corrected chi connectivity index (χ3v) is 3.30. The molecule has 6 heteroatoms. The molecular weight excluding hydrogens is 262 g/mol. The van der Waals surface area contributed by atoms with Crippen molar-refractivity contribution in [1.29, 1.82) is 0 Å². The van der Waals surface area contributed by atoms with E-state index in [0.29, 0.717) is 5.69 Å². The van der Waals surface area contributed by atoms with Gasteiger partial charge < -0.3 is 10.2 Å². The predicted molar refractivity (Wildman–Crippen MR) is 72.5 cm³/mol. The van der Waals surface area contributed by atoms with Crippen LogP contribution in [0.5, 0.6) is 0 Å². The summed E-state index contributed by atoms with van der Waals surface area (Å²) in [5.41, 5.74) is 0.463. The number of hydrogen-bond donors (Lipinski definition) is 1.